The lowest BCUT2D eigenvalue weighted by Crippen LogP contribution is -2.22. The van der Waals surface area contributed by atoms with Gasteiger partial charge in [0.15, 0.2) is 0 Å². The maximum atomic E-state index is 2.41. The van der Waals surface area contributed by atoms with Crippen molar-refractivity contribution in [2.75, 3.05) is 11.9 Å². The van der Waals surface area contributed by atoms with Gasteiger partial charge in [0.1, 0.15) is 0 Å². The van der Waals surface area contributed by atoms with Crippen molar-refractivity contribution in [3.63, 3.8) is 0 Å². The Morgan fingerprint density at radius 3 is 2.23 bits per heavy atom. The Kier molecular flexibility index (Phi) is 2.59. The summed E-state index contributed by atoms with van der Waals surface area (Å²) in [6, 6.07) is 24.7. The predicted octanol–water partition coefficient (Wildman–Crippen LogP) is 6.41. The highest BCUT2D eigenvalue weighted by Crippen LogP contribution is 2.55. The molecule has 0 amide bonds. The molecule has 1 aliphatic heterocycles. The Morgan fingerprint density at radius 1 is 0.731 bits per heavy atom. The zero-order valence-electron chi connectivity index (χ0n) is 15.0. The smallest absolute Gasteiger partial charge is 0.0446 e. The number of anilines is 1. The molecule has 0 saturated carbocycles. The second-order valence-corrected chi connectivity index (χ2v) is 7.56. The Balaban J connectivity index is 1.82. The molecule has 0 bridgehead atoms. The van der Waals surface area contributed by atoms with E-state index >= 15 is 0 Å². The van der Waals surface area contributed by atoms with Crippen molar-refractivity contribution in [3.05, 3.63) is 77.9 Å². The summed E-state index contributed by atoms with van der Waals surface area (Å²) >= 11 is 0. The van der Waals surface area contributed by atoms with E-state index in [1.165, 1.54) is 61.0 Å². The van der Waals surface area contributed by atoms with Gasteiger partial charge in [-0.2, -0.15) is 0 Å². The van der Waals surface area contributed by atoms with Crippen LogP contribution in [-0.4, -0.2) is 7.05 Å². The lowest BCUT2D eigenvalue weighted by Gasteiger charge is -2.32. The minimum atomic E-state index is 0.965. The molecule has 2 aliphatic rings. The SMILES string of the molecule is Cc1cc2c(c3c1-c1cccc4cccc-3c14)-c1ccccc1N(C)C2. The summed E-state index contributed by atoms with van der Waals surface area (Å²) < 4.78 is 0. The van der Waals surface area contributed by atoms with Gasteiger partial charge in [-0.3, -0.25) is 0 Å². The fourth-order valence-corrected chi connectivity index (χ4v) is 5.05. The van der Waals surface area contributed by atoms with E-state index in [9.17, 15) is 0 Å². The number of benzene rings is 4. The van der Waals surface area contributed by atoms with Gasteiger partial charge in [-0.15, -0.1) is 0 Å². The summed E-state index contributed by atoms with van der Waals surface area (Å²) in [5.74, 6) is 0. The number of aryl methyl sites for hydroxylation is 1. The summed E-state index contributed by atoms with van der Waals surface area (Å²) in [4.78, 5) is 2.37. The average molecular weight is 333 g/mol. The van der Waals surface area contributed by atoms with Crippen LogP contribution in [0.25, 0.3) is 44.2 Å². The highest BCUT2D eigenvalue weighted by atomic mass is 15.1. The molecule has 124 valence electrons. The first-order chi connectivity index (χ1) is 12.7. The highest BCUT2D eigenvalue weighted by Gasteiger charge is 2.31. The van der Waals surface area contributed by atoms with Crippen LogP contribution in [0.1, 0.15) is 11.1 Å². The van der Waals surface area contributed by atoms with Crippen molar-refractivity contribution in [2.45, 2.75) is 13.5 Å². The van der Waals surface area contributed by atoms with E-state index < -0.39 is 0 Å². The van der Waals surface area contributed by atoms with Gasteiger partial charge in [-0.1, -0.05) is 60.7 Å². The van der Waals surface area contributed by atoms with Crippen molar-refractivity contribution in [1.29, 1.82) is 0 Å². The largest absolute Gasteiger partial charge is 0.370 e. The fourth-order valence-electron chi connectivity index (χ4n) is 5.05. The quantitative estimate of drug-likeness (QED) is 0.316. The zero-order chi connectivity index (χ0) is 17.4. The third-order valence-electron chi connectivity index (χ3n) is 6.04. The molecular formula is C25H19N. The van der Waals surface area contributed by atoms with Crippen molar-refractivity contribution < 1.29 is 0 Å². The molecule has 0 unspecified atom stereocenters. The van der Waals surface area contributed by atoms with Gasteiger partial charge in [-0.25, -0.2) is 0 Å². The van der Waals surface area contributed by atoms with E-state index in [-0.39, 0.29) is 0 Å². The Labute approximate surface area is 153 Å². The lowest BCUT2D eigenvalue weighted by molar-refractivity contribution is 0.910. The minimum absolute atomic E-state index is 0.965. The van der Waals surface area contributed by atoms with Crippen LogP contribution < -0.4 is 4.90 Å². The molecule has 0 atom stereocenters. The van der Waals surface area contributed by atoms with Crippen molar-refractivity contribution in [1.82, 2.24) is 0 Å². The lowest BCUT2D eigenvalue weighted by atomic mass is 9.84. The van der Waals surface area contributed by atoms with Gasteiger partial charge >= 0.3 is 0 Å². The molecule has 1 nitrogen and oxygen atoms in total. The molecule has 0 fully saturated rings. The summed E-state index contributed by atoms with van der Waals surface area (Å²) in [7, 11) is 2.19. The van der Waals surface area contributed by atoms with Gasteiger partial charge in [0.05, 0.1) is 0 Å². The standard InChI is InChI=1S/C25H19N/c1-15-13-17-14-26(2)21-12-4-3-9-18(21)24(17)25-20-11-6-8-16-7-5-10-19(22(15)25)23(16)20/h3-13H,14H2,1-2H3. The molecule has 0 spiro atoms. The maximum absolute atomic E-state index is 2.41. The van der Waals surface area contributed by atoms with Gasteiger partial charge in [-0.05, 0) is 62.7 Å². The predicted molar refractivity (Wildman–Crippen MR) is 111 cm³/mol. The van der Waals surface area contributed by atoms with Crippen LogP contribution in [0, 0.1) is 6.92 Å². The van der Waals surface area contributed by atoms with E-state index in [1.807, 2.05) is 0 Å². The summed E-state index contributed by atoms with van der Waals surface area (Å²) in [6.45, 7) is 3.23. The molecule has 26 heavy (non-hydrogen) atoms. The van der Waals surface area contributed by atoms with Crippen molar-refractivity contribution in [3.8, 4) is 33.4 Å². The first-order valence-corrected chi connectivity index (χ1v) is 9.23. The van der Waals surface area contributed by atoms with Gasteiger partial charge in [0.2, 0.25) is 0 Å². The molecule has 1 heteroatoms. The molecule has 0 radical (unpaired) electrons. The highest BCUT2D eigenvalue weighted by molar-refractivity contribution is 6.19. The van der Waals surface area contributed by atoms with Crippen LogP contribution in [0.4, 0.5) is 5.69 Å². The van der Waals surface area contributed by atoms with Crippen molar-refractivity contribution in [2.24, 2.45) is 0 Å². The summed E-state index contributed by atoms with van der Waals surface area (Å²) in [5, 5.41) is 2.75. The second kappa shape index (κ2) is 4.76. The number of para-hydroxylation sites is 1. The number of rotatable bonds is 0. The number of fused-ring (bicyclic) bond motifs is 7. The molecule has 0 N–H and O–H groups in total. The molecular weight excluding hydrogens is 314 g/mol. The van der Waals surface area contributed by atoms with Crippen LogP contribution in [-0.2, 0) is 6.54 Å². The Morgan fingerprint density at radius 2 is 1.42 bits per heavy atom. The molecule has 4 aromatic carbocycles. The van der Waals surface area contributed by atoms with E-state index in [2.05, 4.69) is 85.6 Å². The normalized spacial score (nSPS) is 13.5. The molecule has 0 saturated heterocycles. The fraction of sp³-hybridized carbons (Fsp3) is 0.120. The first-order valence-electron chi connectivity index (χ1n) is 9.23. The summed E-state index contributed by atoms with van der Waals surface area (Å²) in [5.41, 5.74) is 12.6. The van der Waals surface area contributed by atoms with E-state index in [0.29, 0.717) is 0 Å². The minimum Gasteiger partial charge on any atom is -0.370 e. The van der Waals surface area contributed by atoms with Crippen LogP contribution in [0.2, 0.25) is 0 Å². The zero-order valence-corrected chi connectivity index (χ0v) is 15.0. The molecule has 6 rings (SSSR count). The van der Waals surface area contributed by atoms with Gasteiger partial charge < -0.3 is 4.90 Å². The van der Waals surface area contributed by atoms with Gasteiger partial charge in [0.25, 0.3) is 0 Å². The van der Waals surface area contributed by atoms with Crippen molar-refractivity contribution >= 4 is 16.5 Å². The topological polar surface area (TPSA) is 3.24 Å². The number of hydrogen-bond donors (Lipinski definition) is 0. The van der Waals surface area contributed by atoms with Crippen LogP contribution >= 0.6 is 0 Å². The molecule has 4 aromatic rings. The summed E-state index contributed by atoms with van der Waals surface area (Å²) in [6.07, 6.45) is 0. The van der Waals surface area contributed by atoms with E-state index in [1.54, 1.807) is 0 Å². The monoisotopic (exact) mass is 333 g/mol. The van der Waals surface area contributed by atoms with Gasteiger partial charge in [0, 0.05) is 24.8 Å². The van der Waals surface area contributed by atoms with E-state index in [0.717, 1.165) is 6.54 Å². The molecule has 1 heterocycles. The Bertz CT molecular complexity index is 1230. The molecule has 0 aromatic heterocycles. The van der Waals surface area contributed by atoms with Crippen LogP contribution in [0.15, 0.2) is 66.7 Å². The number of nitrogens with zero attached hydrogens (tertiary/aromatic N) is 1. The second-order valence-electron chi connectivity index (χ2n) is 7.56. The average Bonchev–Trinajstić information content (AvgIpc) is 2.99. The molecule has 1 aliphatic carbocycles. The maximum Gasteiger partial charge on any atom is 0.0446 e. The Hall–Kier alpha value is -3.06. The van der Waals surface area contributed by atoms with Crippen LogP contribution in [0.5, 0.6) is 0 Å². The van der Waals surface area contributed by atoms with Crippen LogP contribution in [0.3, 0.4) is 0 Å². The number of hydrogen-bond acceptors (Lipinski definition) is 1. The third kappa shape index (κ3) is 1.61. The third-order valence-corrected chi connectivity index (χ3v) is 6.04. The first kappa shape index (κ1) is 14.1. The van der Waals surface area contributed by atoms with E-state index in [4.69, 9.17) is 0 Å².